The fourth-order valence-corrected chi connectivity index (χ4v) is 1.71. The van der Waals surface area contributed by atoms with Gasteiger partial charge in [-0.1, -0.05) is 26.0 Å². The van der Waals surface area contributed by atoms with Gasteiger partial charge < -0.3 is 5.32 Å². The quantitative estimate of drug-likeness (QED) is 0.892. The monoisotopic (exact) mass is 270 g/mol. The fourth-order valence-electron chi connectivity index (χ4n) is 1.71. The van der Waals surface area contributed by atoms with Gasteiger partial charge in [0.2, 0.25) is 5.91 Å². The van der Waals surface area contributed by atoms with Gasteiger partial charge in [0.1, 0.15) is 0 Å². The van der Waals surface area contributed by atoms with E-state index in [9.17, 15) is 4.79 Å². The van der Waals surface area contributed by atoms with E-state index in [0.29, 0.717) is 6.54 Å². The SMILES string of the molecule is CCN(CC)CC(=O)Nc1cc(C)ccc1C.Cl. The summed E-state index contributed by atoms with van der Waals surface area (Å²) in [6.07, 6.45) is 0. The number of halogens is 1. The Balaban J connectivity index is 0.00000289. The van der Waals surface area contributed by atoms with Gasteiger partial charge in [0.15, 0.2) is 0 Å². The van der Waals surface area contributed by atoms with Gasteiger partial charge in [-0.05, 0) is 44.1 Å². The number of anilines is 1. The molecule has 0 saturated carbocycles. The predicted molar refractivity (Wildman–Crippen MR) is 79.6 cm³/mol. The van der Waals surface area contributed by atoms with Gasteiger partial charge in [-0.2, -0.15) is 0 Å². The van der Waals surface area contributed by atoms with Crippen molar-refractivity contribution < 1.29 is 4.79 Å². The van der Waals surface area contributed by atoms with Crippen molar-refractivity contribution in [3.63, 3.8) is 0 Å². The average molecular weight is 271 g/mol. The maximum Gasteiger partial charge on any atom is 0.238 e. The van der Waals surface area contributed by atoms with Crippen molar-refractivity contribution in [3.8, 4) is 0 Å². The highest BCUT2D eigenvalue weighted by atomic mass is 35.5. The highest BCUT2D eigenvalue weighted by Crippen LogP contribution is 2.16. The molecular formula is C14H23ClN2O. The molecule has 0 fully saturated rings. The third kappa shape index (κ3) is 5.07. The molecule has 4 heteroatoms. The molecule has 0 aliphatic carbocycles. The molecule has 1 N–H and O–H groups in total. The van der Waals surface area contributed by atoms with E-state index >= 15 is 0 Å². The van der Waals surface area contributed by atoms with E-state index in [2.05, 4.69) is 30.1 Å². The van der Waals surface area contributed by atoms with E-state index in [4.69, 9.17) is 0 Å². The zero-order valence-electron chi connectivity index (χ0n) is 11.6. The Morgan fingerprint density at radius 1 is 1.22 bits per heavy atom. The van der Waals surface area contributed by atoms with Crippen LogP contribution in [0.15, 0.2) is 18.2 Å². The molecule has 0 saturated heterocycles. The highest BCUT2D eigenvalue weighted by Gasteiger charge is 2.08. The zero-order chi connectivity index (χ0) is 12.8. The first-order chi connectivity index (χ1) is 8.06. The summed E-state index contributed by atoms with van der Waals surface area (Å²) in [4.78, 5) is 13.9. The molecule has 0 unspecified atom stereocenters. The minimum absolute atomic E-state index is 0. The van der Waals surface area contributed by atoms with E-state index < -0.39 is 0 Å². The van der Waals surface area contributed by atoms with Crippen LogP contribution in [-0.4, -0.2) is 30.4 Å². The second-order valence-corrected chi connectivity index (χ2v) is 4.33. The van der Waals surface area contributed by atoms with Crippen LogP contribution < -0.4 is 5.32 Å². The molecule has 0 aliphatic heterocycles. The number of rotatable bonds is 5. The summed E-state index contributed by atoms with van der Waals surface area (Å²) in [5.74, 6) is 0.0578. The Labute approximate surface area is 116 Å². The molecular weight excluding hydrogens is 248 g/mol. The first-order valence-corrected chi connectivity index (χ1v) is 6.16. The van der Waals surface area contributed by atoms with Gasteiger partial charge in [0.25, 0.3) is 0 Å². The molecule has 0 radical (unpaired) electrons. The number of carbonyl (C=O) groups excluding carboxylic acids is 1. The third-order valence-corrected chi connectivity index (χ3v) is 2.93. The van der Waals surface area contributed by atoms with Crippen LogP contribution in [0.2, 0.25) is 0 Å². The molecule has 18 heavy (non-hydrogen) atoms. The fraction of sp³-hybridized carbons (Fsp3) is 0.500. The number of carbonyl (C=O) groups is 1. The summed E-state index contributed by atoms with van der Waals surface area (Å²) in [6, 6.07) is 6.09. The molecule has 0 aromatic heterocycles. The lowest BCUT2D eigenvalue weighted by Gasteiger charge is -2.18. The average Bonchev–Trinajstić information content (AvgIpc) is 2.31. The van der Waals surface area contributed by atoms with E-state index in [1.807, 2.05) is 26.0 Å². The van der Waals surface area contributed by atoms with Crippen molar-refractivity contribution in [2.24, 2.45) is 0 Å². The highest BCUT2D eigenvalue weighted by molar-refractivity contribution is 5.93. The Morgan fingerprint density at radius 3 is 2.39 bits per heavy atom. The van der Waals surface area contributed by atoms with Crippen LogP contribution in [0.4, 0.5) is 5.69 Å². The van der Waals surface area contributed by atoms with Crippen LogP contribution in [-0.2, 0) is 4.79 Å². The number of nitrogens with one attached hydrogen (secondary N) is 1. The van der Waals surface area contributed by atoms with E-state index in [0.717, 1.165) is 29.9 Å². The lowest BCUT2D eigenvalue weighted by atomic mass is 10.1. The number of hydrogen-bond acceptors (Lipinski definition) is 2. The maximum absolute atomic E-state index is 11.9. The van der Waals surface area contributed by atoms with Crippen LogP contribution in [0.5, 0.6) is 0 Å². The largest absolute Gasteiger partial charge is 0.325 e. The van der Waals surface area contributed by atoms with Gasteiger partial charge in [-0.3, -0.25) is 9.69 Å². The molecule has 1 aromatic rings. The summed E-state index contributed by atoms with van der Waals surface area (Å²) < 4.78 is 0. The predicted octanol–water partition coefficient (Wildman–Crippen LogP) is 3.01. The summed E-state index contributed by atoms with van der Waals surface area (Å²) >= 11 is 0. The van der Waals surface area contributed by atoms with Crippen molar-refractivity contribution in [2.45, 2.75) is 27.7 Å². The first-order valence-electron chi connectivity index (χ1n) is 6.16. The summed E-state index contributed by atoms with van der Waals surface area (Å²) in [5, 5.41) is 2.97. The smallest absolute Gasteiger partial charge is 0.238 e. The normalized spacial score (nSPS) is 10.1. The van der Waals surface area contributed by atoms with Crippen molar-refractivity contribution in [2.75, 3.05) is 25.0 Å². The number of hydrogen-bond donors (Lipinski definition) is 1. The molecule has 102 valence electrons. The van der Waals surface area contributed by atoms with Gasteiger partial charge in [-0.15, -0.1) is 12.4 Å². The number of aryl methyl sites for hydroxylation is 2. The number of likely N-dealkylation sites (N-methyl/N-ethyl adjacent to an activating group) is 1. The lowest BCUT2D eigenvalue weighted by Crippen LogP contribution is -2.33. The van der Waals surface area contributed by atoms with Gasteiger partial charge in [-0.25, -0.2) is 0 Å². The molecule has 3 nitrogen and oxygen atoms in total. The number of nitrogens with zero attached hydrogens (tertiary/aromatic N) is 1. The zero-order valence-corrected chi connectivity index (χ0v) is 12.4. The van der Waals surface area contributed by atoms with Crippen LogP contribution in [0.3, 0.4) is 0 Å². The Hall–Kier alpha value is -1.06. The Kier molecular flexibility index (Phi) is 7.64. The van der Waals surface area contributed by atoms with Gasteiger partial charge in [0, 0.05) is 5.69 Å². The number of benzene rings is 1. The second-order valence-electron chi connectivity index (χ2n) is 4.33. The summed E-state index contributed by atoms with van der Waals surface area (Å²) in [6.45, 7) is 10.4. The molecule has 0 spiro atoms. The maximum atomic E-state index is 11.9. The van der Waals surface area contributed by atoms with Crippen molar-refractivity contribution in [3.05, 3.63) is 29.3 Å². The Bertz CT molecular complexity index is 389. The minimum atomic E-state index is 0. The standard InChI is InChI=1S/C14H22N2O.ClH/c1-5-16(6-2)10-14(17)15-13-9-11(3)7-8-12(13)4;/h7-9H,5-6,10H2,1-4H3,(H,15,17);1H. The summed E-state index contributed by atoms with van der Waals surface area (Å²) in [5.41, 5.74) is 3.18. The van der Waals surface area contributed by atoms with Crippen LogP contribution in [0.25, 0.3) is 0 Å². The molecule has 0 aliphatic rings. The van der Waals surface area contributed by atoms with Crippen LogP contribution in [0, 0.1) is 13.8 Å². The molecule has 0 heterocycles. The Morgan fingerprint density at radius 2 is 1.83 bits per heavy atom. The second kappa shape index (κ2) is 8.11. The van der Waals surface area contributed by atoms with Crippen molar-refractivity contribution in [1.29, 1.82) is 0 Å². The topological polar surface area (TPSA) is 32.3 Å². The molecule has 1 rings (SSSR count). The van der Waals surface area contributed by atoms with Gasteiger partial charge in [0.05, 0.1) is 6.54 Å². The van der Waals surface area contributed by atoms with E-state index in [1.54, 1.807) is 0 Å². The van der Waals surface area contributed by atoms with E-state index in [1.165, 1.54) is 0 Å². The van der Waals surface area contributed by atoms with E-state index in [-0.39, 0.29) is 18.3 Å². The van der Waals surface area contributed by atoms with Crippen molar-refractivity contribution >= 4 is 24.0 Å². The molecule has 0 atom stereocenters. The third-order valence-electron chi connectivity index (χ3n) is 2.93. The molecule has 0 bridgehead atoms. The first kappa shape index (κ1) is 16.9. The van der Waals surface area contributed by atoms with Crippen LogP contribution >= 0.6 is 12.4 Å². The molecule has 1 amide bonds. The summed E-state index contributed by atoms with van der Waals surface area (Å²) in [7, 11) is 0. The minimum Gasteiger partial charge on any atom is -0.325 e. The molecule has 1 aromatic carbocycles. The van der Waals surface area contributed by atoms with Crippen LogP contribution in [0.1, 0.15) is 25.0 Å². The number of amides is 1. The lowest BCUT2D eigenvalue weighted by molar-refractivity contribution is -0.117. The van der Waals surface area contributed by atoms with Gasteiger partial charge >= 0.3 is 0 Å². The van der Waals surface area contributed by atoms with Crippen molar-refractivity contribution in [1.82, 2.24) is 4.90 Å².